The maximum absolute atomic E-state index is 5.09. The van der Waals surface area contributed by atoms with Crippen LogP contribution in [0.15, 0.2) is 12.8 Å². The summed E-state index contributed by atoms with van der Waals surface area (Å²) in [5.74, 6) is 0. The molecule has 3 heteroatoms. The van der Waals surface area contributed by atoms with Gasteiger partial charge in [0.2, 0.25) is 0 Å². The molecule has 0 spiro atoms. The van der Waals surface area contributed by atoms with Crippen molar-refractivity contribution in [2.24, 2.45) is 0 Å². The first-order valence-electron chi connectivity index (χ1n) is 3.15. The van der Waals surface area contributed by atoms with E-state index in [1.807, 2.05) is 14.0 Å². The largest absolute Gasteiger partial charge is 0.554 e. The molecule has 0 radical (unpaired) electrons. The average Bonchev–Trinajstić information content (AvgIpc) is 1.99. The normalized spacial score (nSPS) is 11.9. The molecule has 0 unspecified atom stereocenters. The highest BCUT2D eigenvalue weighted by atomic mass is 16.7. The van der Waals surface area contributed by atoms with Crippen LogP contribution < -0.4 is 0 Å². The van der Waals surface area contributed by atoms with E-state index in [0.717, 1.165) is 0 Å². The third-order valence-electron chi connectivity index (χ3n) is 1.00. The number of nitrogens with zero attached hydrogens (tertiary/aromatic N) is 1. The molecule has 0 bridgehead atoms. The topological polar surface area (TPSA) is 21.5 Å². The number of hydrogen-bond donors (Lipinski definition) is 0. The smallest absolute Gasteiger partial charge is 0.418 e. The highest BCUT2D eigenvalue weighted by molar-refractivity contribution is 5.60. The van der Waals surface area contributed by atoms with Crippen molar-refractivity contribution < 1.29 is 14.0 Å². The minimum absolute atomic E-state index is 0.470. The molecule has 0 saturated heterocycles. The zero-order valence-corrected chi connectivity index (χ0v) is 6.76. The molecule has 58 valence electrons. The monoisotopic (exact) mass is 144 g/mol. The molecule has 0 heterocycles. The molecular formula is C7H14NO2+. The van der Waals surface area contributed by atoms with E-state index < -0.39 is 0 Å². The van der Waals surface area contributed by atoms with Gasteiger partial charge in [-0.15, -0.1) is 4.58 Å². The summed E-state index contributed by atoms with van der Waals surface area (Å²) in [6.45, 7) is 6.05. The Kier molecular flexibility index (Phi) is 4.37. The van der Waals surface area contributed by atoms with Crippen molar-refractivity contribution >= 4 is 6.08 Å². The first-order valence-corrected chi connectivity index (χ1v) is 3.15. The third-order valence-corrected chi connectivity index (χ3v) is 1.00. The minimum atomic E-state index is 0.470. The molecule has 0 amide bonds. The van der Waals surface area contributed by atoms with Crippen LogP contribution in [0.3, 0.4) is 0 Å². The van der Waals surface area contributed by atoms with E-state index >= 15 is 0 Å². The second-order valence-electron chi connectivity index (χ2n) is 1.70. The standard InChI is InChI=1S/C7H14NO2/c1-5-8(3)7(9-4)10-6-2/h5H,1,6H2,2-4H3/q+1. The van der Waals surface area contributed by atoms with Gasteiger partial charge in [-0.05, 0) is 13.5 Å². The van der Waals surface area contributed by atoms with Crippen LogP contribution in [0.2, 0.25) is 0 Å². The van der Waals surface area contributed by atoms with Crippen LogP contribution in [-0.2, 0) is 9.47 Å². The van der Waals surface area contributed by atoms with E-state index in [2.05, 4.69) is 6.58 Å². The molecule has 0 atom stereocenters. The molecule has 0 fully saturated rings. The van der Waals surface area contributed by atoms with Gasteiger partial charge in [0, 0.05) is 0 Å². The maximum atomic E-state index is 5.09. The molecule has 10 heavy (non-hydrogen) atoms. The Balaban J connectivity index is 4.13. The van der Waals surface area contributed by atoms with Gasteiger partial charge in [-0.2, -0.15) is 0 Å². The van der Waals surface area contributed by atoms with Crippen molar-refractivity contribution in [2.75, 3.05) is 20.8 Å². The van der Waals surface area contributed by atoms with Crippen molar-refractivity contribution in [3.63, 3.8) is 0 Å². The lowest BCUT2D eigenvalue weighted by molar-refractivity contribution is -0.445. The van der Waals surface area contributed by atoms with E-state index in [-0.39, 0.29) is 0 Å². The lowest BCUT2D eigenvalue weighted by Crippen LogP contribution is -2.17. The van der Waals surface area contributed by atoms with E-state index in [9.17, 15) is 0 Å². The Morgan fingerprint density at radius 1 is 1.70 bits per heavy atom. The van der Waals surface area contributed by atoms with Gasteiger partial charge in [-0.3, -0.25) is 0 Å². The van der Waals surface area contributed by atoms with Crippen molar-refractivity contribution in [1.82, 2.24) is 0 Å². The SMILES string of the molecule is C=C[N+](C)=C(OC)OCC. The fourth-order valence-corrected chi connectivity index (χ4v) is 0.503. The summed E-state index contributed by atoms with van der Waals surface area (Å²) in [6.07, 6.45) is 2.09. The Morgan fingerprint density at radius 3 is 2.60 bits per heavy atom. The van der Waals surface area contributed by atoms with Crippen LogP contribution in [0.1, 0.15) is 6.92 Å². The average molecular weight is 144 g/mol. The number of hydrogen-bond acceptors (Lipinski definition) is 2. The van der Waals surface area contributed by atoms with Gasteiger partial charge in [0.15, 0.2) is 6.20 Å². The molecule has 0 aromatic carbocycles. The van der Waals surface area contributed by atoms with Gasteiger partial charge in [-0.25, -0.2) is 0 Å². The maximum Gasteiger partial charge on any atom is 0.554 e. The fraction of sp³-hybridized carbons (Fsp3) is 0.571. The first-order chi connectivity index (χ1) is 4.76. The Hall–Kier alpha value is -0.990. The van der Waals surface area contributed by atoms with Crippen molar-refractivity contribution in [3.8, 4) is 0 Å². The summed E-state index contributed by atoms with van der Waals surface area (Å²) in [5.41, 5.74) is 0. The second kappa shape index (κ2) is 4.85. The van der Waals surface area contributed by atoms with E-state index in [0.29, 0.717) is 12.7 Å². The van der Waals surface area contributed by atoms with E-state index in [4.69, 9.17) is 9.47 Å². The number of ether oxygens (including phenoxy) is 2. The summed E-state index contributed by atoms with van der Waals surface area (Å²) in [5, 5.41) is 0. The molecule has 0 aromatic rings. The van der Waals surface area contributed by atoms with Crippen molar-refractivity contribution in [3.05, 3.63) is 12.8 Å². The van der Waals surface area contributed by atoms with Crippen LogP contribution in [-0.4, -0.2) is 31.4 Å². The van der Waals surface area contributed by atoms with Crippen molar-refractivity contribution in [1.29, 1.82) is 0 Å². The molecule has 3 nitrogen and oxygen atoms in total. The van der Waals surface area contributed by atoms with Gasteiger partial charge in [0.25, 0.3) is 0 Å². The van der Waals surface area contributed by atoms with E-state index in [1.165, 1.54) is 0 Å². The van der Waals surface area contributed by atoms with Crippen molar-refractivity contribution in [2.45, 2.75) is 6.92 Å². The second-order valence-corrected chi connectivity index (χ2v) is 1.70. The molecule has 0 saturated carbocycles. The molecule has 0 N–H and O–H groups in total. The Morgan fingerprint density at radius 2 is 2.30 bits per heavy atom. The number of rotatable bonds is 2. The number of methoxy groups -OCH3 is 1. The van der Waals surface area contributed by atoms with Crippen LogP contribution in [0.4, 0.5) is 0 Å². The Bertz CT molecular complexity index is 141. The first kappa shape index (κ1) is 9.01. The molecule has 0 aliphatic heterocycles. The zero-order chi connectivity index (χ0) is 7.98. The fourth-order valence-electron chi connectivity index (χ4n) is 0.503. The highest BCUT2D eigenvalue weighted by Crippen LogP contribution is 1.82. The summed E-state index contributed by atoms with van der Waals surface area (Å²) < 4.78 is 11.7. The predicted octanol–water partition coefficient (Wildman–Crippen LogP) is 0.811. The van der Waals surface area contributed by atoms with Crippen LogP contribution >= 0.6 is 0 Å². The van der Waals surface area contributed by atoms with Crippen LogP contribution in [0.5, 0.6) is 0 Å². The Labute approximate surface area is 61.6 Å². The van der Waals surface area contributed by atoms with Gasteiger partial charge in [0.1, 0.15) is 7.05 Å². The lowest BCUT2D eigenvalue weighted by atomic mass is 10.8. The quantitative estimate of drug-likeness (QED) is 0.325. The molecule has 0 aliphatic rings. The summed E-state index contributed by atoms with van der Waals surface area (Å²) in [6, 6.07) is 0. The predicted molar refractivity (Wildman–Crippen MR) is 40.0 cm³/mol. The van der Waals surface area contributed by atoms with Crippen LogP contribution in [0, 0.1) is 0 Å². The van der Waals surface area contributed by atoms with Gasteiger partial charge in [0.05, 0.1) is 13.7 Å². The van der Waals surface area contributed by atoms with Crippen LogP contribution in [0.25, 0.3) is 0 Å². The molecule has 0 rings (SSSR count). The minimum Gasteiger partial charge on any atom is -0.418 e. The summed E-state index contributed by atoms with van der Waals surface area (Å²) in [7, 11) is 3.37. The zero-order valence-electron chi connectivity index (χ0n) is 6.76. The third kappa shape index (κ3) is 2.53. The van der Waals surface area contributed by atoms with Gasteiger partial charge >= 0.3 is 6.08 Å². The van der Waals surface area contributed by atoms with Gasteiger partial charge in [-0.1, -0.05) is 0 Å². The summed E-state index contributed by atoms with van der Waals surface area (Å²) >= 11 is 0. The van der Waals surface area contributed by atoms with E-state index in [1.54, 1.807) is 17.9 Å². The summed E-state index contributed by atoms with van der Waals surface area (Å²) in [4.78, 5) is 0. The molecule has 0 aromatic heterocycles. The molecule has 0 aliphatic carbocycles. The highest BCUT2D eigenvalue weighted by Gasteiger charge is 2.07. The molecular weight excluding hydrogens is 130 g/mol. The van der Waals surface area contributed by atoms with Gasteiger partial charge < -0.3 is 9.47 Å². The lowest BCUT2D eigenvalue weighted by Gasteiger charge is -1.99.